The number of carbonyl (C=O) groups excluding carboxylic acids is 1. The smallest absolute Gasteiger partial charge is 0.239 e. The number of piperazine rings is 1. The SMILES string of the molecule is CCNc1ncc(F)c(N2CCNC(=O)C2)n1. The molecule has 0 atom stereocenters. The van der Waals surface area contributed by atoms with Crippen LogP contribution in [-0.4, -0.2) is 42.1 Å². The zero-order valence-electron chi connectivity index (χ0n) is 9.53. The van der Waals surface area contributed by atoms with Gasteiger partial charge in [-0.05, 0) is 6.92 Å². The Labute approximate surface area is 98.2 Å². The first-order valence-electron chi connectivity index (χ1n) is 5.48. The summed E-state index contributed by atoms with van der Waals surface area (Å²) in [5.74, 6) is -0.0960. The van der Waals surface area contributed by atoms with Gasteiger partial charge >= 0.3 is 0 Å². The highest BCUT2D eigenvalue weighted by Gasteiger charge is 2.21. The van der Waals surface area contributed by atoms with Crippen LogP contribution in [-0.2, 0) is 4.79 Å². The predicted octanol–water partition coefficient (Wildman–Crippen LogP) is -0.0163. The van der Waals surface area contributed by atoms with E-state index in [0.29, 0.717) is 25.6 Å². The minimum atomic E-state index is -0.513. The normalized spacial score (nSPS) is 15.6. The van der Waals surface area contributed by atoms with E-state index in [-0.39, 0.29) is 18.3 Å². The van der Waals surface area contributed by atoms with E-state index in [1.807, 2.05) is 6.92 Å². The Hall–Kier alpha value is -1.92. The average Bonchev–Trinajstić information content (AvgIpc) is 2.32. The van der Waals surface area contributed by atoms with E-state index in [1.165, 1.54) is 0 Å². The topological polar surface area (TPSA) is 70.2 Å². The summed E-state index contributed by atoms with van der Waals surface area (Å²) in [6.07, 6.45) is 1.12. The van der Waals surface area contributed by atoms with Gasteiger partial charge in [0.1, 0.15) is 0 Å². The van der Waals surface area contributed by atoms with E-state index in [0.717, 1.165) is 6.20 Å². The Kier molecular flexibility index (Phi) is 3.36. The number of amides is 1. The van der Waals surface area contributed by atoms with E-state index in [9.17, 15) is 9.18 Å². The van der Waals surface area contributed by atoms with Crippen LogP contribution in [0.3, 0.4) is 0 Å². The molecule has 0 unspecified atom stereocenters. The maximum absolute atomic E-state index is 13.6. The number of carbonyl (C=O) groups is 1. The molecule has 1 aromatic heterocycles. The fourth-order valence-electron chi connectivity index (χ4n) is 1.64. The molecule has 17 heavy (non-hydrogen) atoms. The summed E-state index contributed by atoms with van der Waals surface area (Å²) in [5.41, 5.74) is 0. The van der Waals surface area contributed by atoms with Gasteiger partial charge in [0.2, 0.25) is 11.9 Å². The van der Waals surface area contributed by atoms with Crippen LogP contribution in [0.4, 0.5) is 16.2 Å². The third-order valence-corrected chi connectivity index (χ3v) is 2.40. The summed E-state index contributed by atoms with van der Waals surface area (Å²) in [5, 5.41) is 5.59. The molecule has 0 saturated carbocycles. The van der Waals surface area contributed by atoms with Crippen LogP contribution in [0.1, 0.15) is 6.92 Å². The van der Waals surface area contributed by atoms with Gasteiger partial charge in [-0.1, -0.05) is 0 Å². The van der Waals surface area contributed by atoms with Gasteiger partial charge in [0.05, 0.1) is 12.7 Å². The van der Waals surface area contributed by atoms with Crippen LogP contribution in [0, 0.1) is 5.82 Å². The Balaban J connectivity index is 2.23. The summed E-state index contributed by atoms with van der Waals surface area (Å²) in [6, 6.07) is 0. The summed E-state index contributed by atoms with van der Waals surface area (Å²) < 4.78 is 13.6. The van der Waals surface area contributed by atoms with Crippen molar-refractivity contribution in [1.82, 2.24) is 15.3 Å². The molecule has 1 aliphatic heterocycles. The Morgan fingerprint density at radius 1 is 1.65 bits per heavy atom. The summed E-state index contributed by atoms with van der Waals surface area (Å²) in [6.45, 7) is 3.73. The highest BCUT2D eigenvalue weighted by Crippen LogP contribution is 2.17. The molecule has 92 valence electrons. The largest absolute Gasteiger partial charge is 0.354 e. The third-order valence-electron chi connectivity index (χ3n) is 2.40. The standard InChI is InChI=1S/C10H14FN5O/c1-2-12-10-14-5-7(11)9(15-10)16-4-3-13-8(17)6-16/h5H,2-4,6H2,1H3,(H,13,17)(H,12,14,15). The summed E-state index contributed by atoms with van der Waals surface area (Å²) >= 11 is 0. The fourth-order valence-corrected chi connectivity index (χ4v) is 1.64. The van der Waals surface area contributed by atoms with Crippen LogP contribution >= 0.6 is 0 Å². The first kappa shape index (κ1) is 11.6. The second-order valence-electron chi connectivity index (χ2n) is 3.67. The van der Waals surface area contributed by atoms with Crippen molar-refractivity contribution < 1.29 is 9.18 Å². The third kappa shape index (κ3) is 2.61. The molecule has 1 aliphatic rings. The lowest BCUT2D eigenvalue weighted by molar-refractivity contribution is -0.120. The number of hydrogen-bond donors (Lipinski definition) is 2. The Bertz CT molecular complexity index is 425. The first-order chi connectivity index (χ1) is 8.20. The van der Waals surface area contributed by atoms with Gasteiger partial charge in [0, 0.05) is 19.6 Å². The predicted molar refractivity (Wildman–Crippen MR) is 61.4 cm³/mol. The molecule has 6 nitrogen and oxygen atoms in total. The zero-order valence-corrected chi connectivity index (χ0v) is 9.53. The van der Waals surface area contributed by atoms with Crippen molar-refractivity contribution in [2.24, 2.45) is 0 Å². The molecule has 2 rings (SSSR count). The molecule has 1 amide bonds. The number of nitrogens with one attached hydrogen (secondary N) is 2. The highest BCUT2D eigenvalue weighted by molar-refractivity contribution is 5.82. The first-order valence-corrected chi connectivity index (χ1v) is 5.48. The van der Waals surface area contributed by atoms with Crippen LogP contribution in [0.2, 0.25) is 0 Å². The minimum absolute atomic E-state index is 0.125. The maximum atomic E-state index is 13.6. The fraction of sp³-hybridized carbons (Fsp3) is 0.500. The molecule has 0 radical (unpaired) electrons. The number of aromatic nitrogens is 2. The van der Waals surface area contributed by atoms with Crippen molar-refractivity contribution in [3.8, 4) is 0 Å². The second-order valence-corrected chi connectivity index (χ2v) is 3.67. The highest BCUT2D eigenvalue weighted by atomic mass is 19.1. The summed E-state index contributed by atoms with van der Waals surface area (Å²) in [7, 11) is 0. The van der Waals surface area contributed by atoms with E-state index in [2.05, 4.69) is 20.6 Å². The van der Waals surface area contributed by atoms with Gasteiger partial charge in [-0.15, -0.1) is 0 Å². The molecular weight excluding hydrogens is 225 g/mol. The molecule has 0 spiro atoms. The van der Waals surface area contributed by atoms with E-state index in [4.69, 9.17) is 0 Å². The average molecular weight is 239 g/mol. The number of hydrogen-bond acceptors (Lipinski definition) is 5. The van der Waals surface area contributed by atoms with Crippen molar-refractivity contribution in [2.45, 2.75) is 6.92 Å². The quantitative estimate of drug-likeness (QED) is 0.776. The van der Waals surface area contributed by atoms with Crippen molar-refractivity contribution in [3.63, 3.8) is 0 Å². The lowest BCUT2D eigenvalue weighted by Gasteiger charge is -2.27. The van der Waals surface area contributed by atoms with Gasteiger partial charge in [-0.2, -0.15) is 4.98 Å². The van der Waals surface area contributed by atoms with E-state index >= 15 is 0 Å². The Morgan fingerprint density at radius 2 is 2.47 bits per heavy atom. The maximum Gasteiger partial charge on any atom is 0.239 e. The van der Waals surface area contributed by atoms with Crippen molar-refractivity contribution in [2.75, 3.05) is 36.4 Å². The van der Waals surface area contributed by atoms with Crippen molar-refractivity contribution in [1.29, 1.82) is 0 Å². The van der Waals surface area contributed by atoms with E-state index in [1.54, 1.807) is 4.90 Å². The lowest BCUT2D eigenvalue weighted by atomic mass is 10.3. The molecular formula is C10H14FN5O. The van der Waals surface area contributed by atoms with Gasteiger partial charge in [0.15, 0.2) is 11.6 Å². The minimum Gasteiger partial charge on any atom is -0.354 e. The molecule has 1 fully saturated rings. The second kappa shape index (κ2) is 4.94. The van der Waals surface area contributed by atoms with Gasteiger partial charge in [0.25, 0.3) is 0 Å². The molecule has 2 N–H and O–H groups in total. The van der Waals surface area contributed by atoms with Crippen LogP contribution in [0.15, 0.2) is 6.20 Å². The molecule has 0 bridgehead atoms. The zero-order chi connectivity index (χ0) is 12.3. The van der Waals surface area contributed by atoms with Crippen LogP contribution in [0.5, 0.6) is 0 Å². The van der Waals surface area contributed by atoms with Crippen molar-refractivity contribution >= 4 is 17.7 Å². The van der Waals surface area contributed by atoms with Gasteiger partial charge in [-0.3, -0.25) is 4.79 Å². The van der Waals surface area contributed by atoms with Gasteiger partial charge < -0.3 is 15.5 Å². The molecule has 2 heterocycles. The number of rotatable bonds is 3. The van der Waals surface area contributed by atoms with E-state index < -0.39 is 5.82 Å². The lowest BCUT2D eigenvalue weighted by Crippen LogP contribution is -2.48. The number of anilines is 2. The van der Waals surface area contributed by atoms with Gasteiger partial charge in [-0.25, -0.2) is 9.37 Å². The monoisotopic (exact) mass is 239 g/mol. The Morgan fingerprint density at radius 3 is 3.18 bits per heavy atom. The van der Waals surface area contributed by atoms with Crippen LogP contribution < -0.4 is 15.5 Å². The number of halogens is 1. The number of nitrogens with zero attached hydrogens (tertiary/aromatic N) is 3. The molecule has 1 saturated heterocycles. The summed E-state index contributed by atoms with van der Waals surface area (Å²) in [4.78, 5) is 20.7. The van der Waals surface area contributed by atoms with Crippen LogP contribution in [0.25, 0.3) is 0 Å². The van der Waals surface area contributed by atoms with Crippen molar-refractivity contribution in [3.05, 3.63) is 12.0 Å². The molecule has 0 aliphatic carbocycles. The molecule has 1 aromatic rings. The molecule has 0 aromatic carbocycles. The molecule has 7 heteroatoms.